The lowest BCUT2D eigenvalue weighted by atomic mass is 9.92. The molecule has 1 aliphatic rings. The number of hydrazine groups is 1. The van der Waals surface area contributed by atoms with Gasteiger partial charge >= 0.3 is 5.69 Å². The van der Waals surface area contributed by atoms with Crippen LogP contribution in [0.4, 0.5) is 17.3 Å². The molecule has 7 nitrogen and oxygen atoms in total. The SMILES string of the molecule is CC1(C)CCC(Nc2nc(NN)ccc2[N+](=O)[O-])C1. The summed E-state index contributed by atoms with van der Waals surface area (Å²) in [4.78, 5) is 14.7. The van der Waals surface area contributed by atoms with Gasteiger partial charge in [0.1, 0.15) is 5.82 Å². The summed E-state index contributed by atoms with van der Waals surface area (Å²) in [5, 5.41) is 14.2. The first-order valence-electron chi connectivity index (χ1n) is 6.30. The van der Waals surface area contributed by atoms with E-state index in [1.807, 2.05) is 0 Å². The number of nitrogens with two attached hydrogens (primary N) is 1. The lowest BCUT2D eigenvalue weighted by Crippen LogP contribution is -2.20. The van der Waals surface area contributed by atoms with Crippen LogP contribution in [0.1, 0.15) is 33.1 Å². The second kappa shape index (κ2) is 5.00. The highest BCUT2D eigenvalue weighted by Crippen LogP contribution is 2.39. The van der Waals surface area contributed by atoms with E-state index in [2.05, 4.69) is 29.6 Å². The molecule has 0 bridgehead atoms. The zero-order valence-corrected chi connectivity index (χ0v) is 11.1. The van der Waals surface area contributed by atoms with E-state index >= 15 is 0 Å². The number of hydrogen-bond donors (Lipinski definition) is 3. The summed E-state index contributed by atoms with van der Waals surface area (Å²) in [6, 6.07) is 3.11. The molecule has 1 aromatic rings. The van der Waals surface area contributed by atoms with Gasteiger partial charge in [-0.15, -0.1) is 0 Å². The minimum absolute atomic E-state index is 0.0243. The first kappa shape index (κ1) is 13.5. The molecule has 0 aromatic carbocycles. The van der Waals surface area contributed by atoms with E-state index in [1.165, 1.54) is 12.1 Å². The molecule has 1 aromatic heterocycles. The zero-order chi connectivity index (χ0) is 14.0. The van der Waals surface area contributed by atoms with E-state index in [9.17, 15) is 10.1 Å². The van der Waals surface area contributed by atoms with Gasteiger partial charge in [-0.25, -0.2) is 10.8 Å². The van der Waals surface area contributed by atoms with Gasteiger partial charge in [-0.05, 0) is 30.7 Å². The van der Waals surface area contributed by atoms with Crippen LogP contribution in [0.3, 0.4) is 0 Å². The van der Waals surface area contributed by atoms with Crippen LogP contribution in [0.2, 0.25) is 0 Å². The molecular weight excluding hydrogens is 246 g/mol. The number of nitrogens with zero attached hydrogens (tertiary/aromatic N) is 2. The van der Waals surface area contributed by atoms with E-state index < -0.39 is 4.92 Å². The number of rotatable bonds is 4. The van der Waals surface area contributed by atoms with Gasteiger partial charge in [0, 0.05) is 12.1 Å². The van der Waals surface area contributed by atoms with E-state index in [0.717, 1.165) is 19.3 Å². The lowest BCUT2D eigenvalue weighted by molar-refractivity contribution is -0.384. The van der Waals surface area contributed by atoms with Crippen LogP contribution in [0.5, 0.6) is 0 Å². The van der Waals surface area contributed by atoms with E-state index in [4.69, 9.17) is 5.84 Å². The van der Waals surface area contributed by atoms with Crippen LogP contribution in [-0.4, -0.2) is 15.9 Å². The summed E-state index contributed by atoms with van der Waals surface area (Å²) in [7, 11) is 0. The van der Waals surface area contributed by atoms with Gasteiger partial charge in [-0.3, -0.25) is 10.1 Å². The highest BCUT2D eigenvalue weighted by atomic mass is 16.6. The number of nitro groups is 1. The van der Waals surface area contributed by atoms with Crippen molar-refractivity contribution in [1.29, 1.82) is 0 Å². The maximum atomic E-state index is 11.0. The fourth-order valence-corrected chi connectivity index (χ4v) is 2.54. The molecule has 1 heterocycles. The van der Waals surface area contributed by atoms with Crippen molar-refractivity contribution in [3.8, 4) is 0 Å². The van der Waals surface area contributed by atoms with Crippen molar-refractivity contribution in [2.75, 3.05) is 10.7 Å². The third-order valence-corrected chi connectivity index (χ3v) is 3.53. The van der Waals surface area contributed by atoms with Gasteiger partial charge in [0.15, 0.2) is 0 Å². The van der Waals surface area contributed by atoms with Crippen molar-refractivity contribution in [3.63, 3.8) is 0 Å². The molecule has 1 fully saturated rings. The fraction of sp³-hybridized carbons (Fsp3) is 0.583. The summed E-state index contributed by atoms with van der Waals surface area (Å²) in [6.45, 7) is 4.41. The summed E-state index contributed by atoms with van der Waals surface area (Å²) in [5.74, 6) is 5.97. The van der Waals surface area contributed by atoms with Crippen molar-refractivity contribution in [1.82, 2.24) is 4.98 Å². The van der Waals surface area contributed by atoms with Gasteiger partial charge in [0.05, 0.1) is 4.92 Å². The normalized spacial score (nSPS) is 21.1. The number of nitrogens with one attached hydrogen (secondary N) is 2. The van der Waals surface area contributed by atoms with Gasteiger partial charge in [-0.2, -0.15) is 0 Å². The molecule has 0 aliphatic heterocycles. The Kier molecular flexibility index (Phi) is 3.57. The largest absolute Gasteiger partial charge is 0.362 e. The average Bonchev–Trinajstić information content (AvgIpc) is 2.68. The second-order valence-electron chi connectivity index (χ2n) is 5.71. The number of nitrogen functional groups attached to an aromatic ring is 1. The Balaban J connectivity index is 2.20. The summed E-state index contributed by atoms with van der Waals surface area (Å²) < 4.78 is 0. The van der Waals surface area contributed by atoms with Crippen molar-refractivity contribution in [2.45, 2.75) is 39.2 Å². The monoisotopic (exact) mass is 265 g/mol. The van der Waals surface area contributed by atoms with Crippen LogP contribution >= 0.6 is 0 Å². The topological polar surface area (TPSA) is 106 Å². The molecule has 0 amide bonds. The minimum atomic E-state index is -0.435. The molecular formula is C12H19N5O2. The molecule has 0 saturated heterocycles. The van der Waals surface area contributed by atoms with Crippen LogP contribution < -0.4 is 16.6 Å². The van der Waals surface area contributed by atoms with Crippen molar-refractivity contribution in [2.24, 2.45) is 11.3 Å². The third kappa shape index (κ3) is 3.11. The standard InChI is InChI=1S/C12H19N5O2/c1-12(2)6-5-8(7-12)14-11-9(17(18)19)3-4-10(15-11)16-13/h3-4,8H,5-7,13H2,1-2H3,(H2,14,15,16). The molecule has 0 radical (unpaired) electrons. The van der Waals surface area contributed by atoms with Crippen LogP contribution in [0.25, 0.3) is 0 Å². The average molecular weight is 265 g/mol. The van der Waals surface area contributed by atoms with E-state index in [0.29, 0.717) is 5.82 Å². The first-order valence-corrected chi connectivity index (χ1v) is 6.30. The predicted molar refractivity (Wildman–Crippen MR) is 73.7 cm³/mol. The molecule has 104 valence electrons. The maximum absolute atomic E-state index is 11.0. The Hall–Kier alpha value is -1.89. The third-order valence-electron chi connectivity index (χ3n) is 3.53. The molecule has 1 saturated carbocycles. The second-order valence-corrected chi connectivity index (χ2v) is 5.71. The summed E-state index contributed by atoms with van der Waals surface area (Å²) >= 11 is 0. The van der Waals surface area contributed by atoms with E-state index in [-0.39, 0.29) is 23.0 Å². The molecule has 1 atom stereocenters. The molecule has 0 spiro atoms. The molecule has 7 heteroatoms. The Morgan fingerprint density at radius 2 is 2.26 bits per heavy atom. The highest BCUT2D eigenvalue weighted by molar-refractivity contribution is 5.60. The maximum Gasteiger partial charge on any atom is 0.311 e. The van der Waals surface area contributed by atoms with Crippen molar-refractivity contribution < 1.29 is 4.92 Å². The Morgan fingerprint density at radius 1 is 1.53 bits per heavy atom. The highest BCUT2D eigenvalue weighted by Gasteiger charge is 2.32. The quantitative estimate of drug-likeness (QED) is 0.438. The van der Waals surface area contributed by atoms with Gasteiger partial charge < -0.3 is 10.7 Å². The number of anilines is 2. The first-order chi connectivity index (χ1) is 8.91. The zero-order valence-electron chi connectivity index (χ0n) is 11.1. The smallest absolute Gasteiger partial charge is 0.311 e. The van der Waals surface area contributed by atoms with Crippen LogP contribution in [0, 0.1) is 15.5 Å². The number of aromatic nitrogens is 1. The van der Waals surface area contributed by atoms with Crippen LogP contribution in [0.15, 0.2) is 12.1 Å². The summed E-state index contributed by atoms with van der Waals surface area (Å²) in [5.41, 5.74) is 2.65. The number of hydrogen-bond acceptors (Lipinski definition) is 6. The molecule has 1 aliphatic carbocycles. The molecule has 2 rings (SSSR count). The van der Waals surface area contributed by atoms with Crippen LogP contribution in [-0.2, 0) is 0 Å². The lowest BCUT2D eigenvalue weighted by Gasteiger charge is -2.18. The van der Waals surface area contributed by atoms with E-state index in [1.54, 1.807) is 0 Å². The Labute approximate surface area is 111 Å². The Bertz CT molecular complexity index is 489. The van der Waals surface area contributed by atoms with Crippen molar-refractivity contribution >= 4 is 17.3 Å². The predicted octanol–water partition coefficient (Wildman–Crippen LogP) is 2.27. The Morgan fingerprint density at radius 3 is 2.79 bits per heavy atom. The minimum Gasteiger partial charge on any atom is -0.362 e. The van der Waals surface area contributed by atoms with Gasteiger partial charge in [-0.1, -0.05) is 13.8 Å². The molecule has 4 N–H and O–H groups in total. The van der Waals surface area contributed by atoms with Crippen molar-refractivity contribution in [3.05, 3.63) is 22.2 Å². The number of pyridine rings is 1. The summed E-state index contributed by atoms with van der Waals surface area (Å²) in [6.07, 6.45) is 3.07. The molecule has 1 unspecified atom stereocenters. The molecule has 19 heavy (non-hydrogen) atoms. The fourth-order valence-electron chi connectivity index (χ4n) is 2.54. The van der Waals surface area contributed by atoms with Gasteiger partial charge in [0.2, 0.25) is 5.82 Å². The van der Waals surface area contributed by atoms with Gasteiger partial charge in [0.25, 0.3) is 0 Å².